The maximum Gasteiger partial charge on any atom is 0.272 e. The molecule has 1 aromatic carbocycles. The SMILES string of the molecule is CN(C(=O)c1ccccn1)[C@@H](Cc1ccccc1)C1CCN(C(=O)CC2=CCCCC2)CC1. The van der Waals surface area contributed by atoms with Crippen LogP contribution < -0.4 is 0 Å². The van der Waals surface area contributed by atoms with E-state index in [-0.39, 0.29) is 17.9 Å². The average Bonchev–Trinajstić information content (AvgIpc) is 2.88. The summed E-state index contributed by atoms with van der Waals surface area (Å²) in [7, 11) is 1.90. The van der Waals surface area contributed by atoms with E-state index in [1.54, 1.807) is 12.3 Å². The molecule has 1 aliphatic heterocycles. The second-order valence-corrected chi connectivity index (χ2v) is 9.39. The first kappa shape index (κ1) is 23.2. The fourth-order valence-corrected chi connectivity index (χ4v) is 5.20. The highest BCUT2D eigenvalue weighted by molar-refractivity contribution is 5.92. The van der Waals surface area contributed by atoms with Crippen LogP contribution in [0.25, 0.3) is 0 Å². The Labute approximate surface area is 197 Å². The van der Waals surface area contributed by atoms with Crippen molar-refractivity contribution in [1.29, 1.82) is 0 Å². The Morgan fingerprint density at radius 1 is 1.06 bits per heavy atom. The standard InChI is InChI=1S/C28H35N3O2/c1-30(28(33)25-14-8-9-17-29-25)26(20-22-10-4-2-5-11-22)24-15-18-31(19-16-24)27(32)21-23-12-6-3-7-13-23/h2,4-5,8-12,14,17,24,26H,3,6-7,13,15-16,18-21H2,1H3/t26-/m0/s1. The van der Waals surface area contributed by atoms with Gasteiger partial charge in [-0.15, -0.1) is 0 Å². The van der Waals surface area contributed by atoms with Crippen molar-refractivity contribution in [2.75, 3.05) is 20.1 Å². The van der Waals surface area contributed by atoms with Crippen LogP contribution in [0.15, 0.2) is 66.4 Å². The number of hydrogen-bond acceptors (Lipinski definition) is 3. The van der Waals surface area contributed by atoms with E-state index < -0.39 is 0 Å². The quantitative estimate of drug-likeness (QED) is 0.570. The summed E-state index contributed by atoms with van der Waals surface area (Å²) in [5.74, 6) is 0.569. The molecular formula is C28H35N3O2. The zero-order valence-corrected chi connectivity index (χ0v) is 19.7. The Morgan fingerprint density at radius 3 is 2.48 bits per heavy atom. The van der Waals surface area contributed by atoms with E-state index in [1.165, 1.54) is 24.0 Å². The van der Waals surface area contributed by atoms with E-state index in [0.717, 1.165) is 45.2 Å². The summed E-state index contributed by atoms with van der Waals surface area (Å²) in [4.78, 5) is 34.3. The third-order valence-electron chi connectivity index (χ3n) is 7.19. The fourth-order valence-electron chi connectivity index (χ4n) is 5.20. The van der Waals surface area contributed by atoms with Gasteiger partial charge in [0.2, 0.25) is 5.91 Å². The number of piperidine rings is 1. The van der Waals surface area contributed by atoms with Crippen molar-refractivity contribution in [2.24, 2.45) is 5.92 Å². The summed E-state index contributed by atoms with van der Waals surface area (Å²) in [6.07, 6.45) is 11.8. The first-order chi connectivity index (χ1) is 16.1. The van der Waals surface area contributed by atoms with Crippen molar-refractivity contribution in [2.45, 2.75) is 57.4 Å². The summed E-state index contributed by atoms with van der Waals surface area (Å²) < 4.78 is 0. The molecule has 0 N–H and O–H groups in total. The second kappa shape index (κ2) is 11.3. The molecule has 4 rings (SSSR count). The van der Waals surface area contributed by atoms with Crippen LogP contribution in [0.1, 0.15) is 61.0 Å². The fraction of sp³-hybridized carbons (Fsp3) is 0.464. The summed E-state index contributed by atoms with van der Waals surface area (Å²) in [6, 6.07) is 15.9. The van der Waals surface area contributed by atoms with Crippen LogP contribution in [0.2, 0.25) is 0 Å². The number of pyridine rings is 1. The van der Waals surface area contributed by atoms with Gasteiger partial charge in [-0.3, -0.25) is 14.6 Å². The minimum Gasteiger partial charge on any atom is -0.342 e. The van der Waals surface area contributed by atoms with Gasteiger partial charge in [-0.25, -0.2) is 0 Å². The normalized spacial score (nSPS) is 17.8. The molecule has 0 saturated carbocycles. The Hall–Kier alpha value is -2.95. The number of benzene rings is 1. The number of carbonyl (C=O) groups excluding carboxylic acids is 2. The van der Waals surface area contributed by atoms with E-state index in [1.807, 2.05) is 47.2 Å². The zero-order valence-electron chi connectivity index (χ0n) is 19.7. The molecule has 0 unspecified atom stereocenters. The van der Waals surface area contributed by atoms with E-state index in [4.69, 9.17) is 0 Å². The monoisotopic (exact) mass is 445 g/mol. The molecule has 0 bridgehead atoms. The van der Waals surface area contributed by atoms with Gasteiger partial charge in [-0.1, -0.05) is 48.0 Å². The highest BCUT2D eigenvalue weighted by atomic mass is 16.2. The molecule has 33 heavy (non-hydrogen) atoms. The van der Waals surface area contributed by atoms with Gasteiger partial charge in [0.1, 0.15) is 5.69 Å². The number of likely N-dealkylation sites (N-methyl/N-ethyl adjacent to an activating group) is 1. The molecule has 5 nitrogen and oxygen atoms in total. The van der Waals surface area contributed by atoms with Crippen LogP contribution >= 0.6 is 0 Å². The lowest BCUT2D eigenvalue weighted by atomic mass is 9.84. The van der Waals surface area contributed by atoms with Gasteiger partial charge < -0.3 is 9.80 Å². The molecule has 2 amide bonds. The van der Waals surface area contributed by atoms with E-state index in [2.05, 4.69) is 23.2 Å². The third-order valence-corrected chi connectivity index (χ3v) is 7.19. The number of aromatic nitrogens is 1. The lowest BCUT2D eigenvalue weighted by Gasteiger charge is -2.40. The van der Waals surface area contributed by atoms with Crippen LogP contribution in [-0.2, 0) is 11.2 Å². The molecule has 1 atom stereocenters. The molecule has 2 aliphatic rings. The number of likely N-dealkylation sites (tertiary alicyclic amines) is 1. The summed E-state index contributed by atoms with van der Waals surface area (Å²) in [6.45, 7) is 1.54. The highest BCUT2D eigenvalue weighted by Crippen LogP contribution is 2.28. The average molecular weight is 446 g/mol. The molecule has 2 aromatic rings. The van der Waals surface area contributed by atoms with E-state index in [9.17, 15) is 9.59 Å². The largest absolute Gasteiger partial charge is 0.342 e. The second-order valence-electron chi connectivity index (χ2n) is 9.39. The topological polar surface area (TPSA) is 53.5 Å². The Kier molecular flexibility index (Phi) is 7.92. The van der Waals surface area contributed by atoms with Crippen molar-refractivity contribution in [1.82, 2.24) is 14.8 Å². The smallest absolute Gasteiger partial charge is 0.272 e. The third kappa shape index (κ3) is 6.10. The Balaban J connectivity index is 1.43. The number of amides is 2. The van der Waals surface area contributed by atoms with Crippen molar-refractivity contribution >= 4 is 11.8 Å². The molecule has 1 saturated heterocycles. The Bertz CT molecular complexity index is 950. The molecule has 5 heteroatoms. The van der Waals surface area contributed by atoms with Crippen molar-refractivity contribution in [3.05, 3.63) is 77.6 Å². The van der Waals surface area contributed by atoms with Gasteiger partial charge in [0.25, 0.3) is 5.91 Å². The van der Waals surface area contributed by atoms with Crippen molar-refractivity contribution < 1.29 is 9.59 Å². The highest BCUT2D eigenvalue weighted by Gasteiger charge is 2.33. The van der Waals surface area contributed by atoms with Gasteiger partial charge in [-0.05, 0) is 68.6 Å². The number of nitrogens with zero attached hydrogens (tertiary/aromatic N) is 3. The number of rotatable bonds is 7. The molecule has 0 radical (unpaired) electrons. The van der Waals surface area contributed by atoms with Gasteiger partial charge >= 0.3 is 0 Å². The molecule has 2 heterocycles. The molecule has 0 spiro atoms. The van der Waals surface area contributed by atoms with Gasteiger partial charge in [0.05, 0.1) is 0 Å². The molecule has 1 aromatic heterocycles. The number of hydrogen-bond donors (Lipinski definition) is 0. The molecule has 1 fully saturated rings. The van der Waals surface area contributed by atoms with Crippen molar-refractivity contribution in [3.63, 3.8) is 0 Å². The zero-order chi connectivity index (χ0) is 23.0. The van der Waals surface area contributed by atoms with Gasteiger partial charge in [-0.2, -0.15) is 0 Å². The minimum absolute atomic E-state index is 0.0423. The van der Waals surface area contributed by atoms with Crippen LogP contribution in [0.4, 0.5) is 0 Å². The maximum atomic E-state index is 13.2. The predicted molar refractivity (Wildman–Crippen MR) is 131 cm³/mol. The molecule has 1 aliphatic carbocycles. The predicted octanol–water partition coefficient (Wildman–Crippen LogP) is 4.89. The van der Waals surface area contributed by atoms with E-state index in [0.29, 0.717) is 18.0 Å². The number of carbonyl (C=O) groups is 2. The first-order valence-corrected chi connectivity index (χ1v) is 12.3. The Morgan fingerprint density at radius 2 is 1.82 bits per heavy atom. The summed E-state index contributed by atoms with van der Waals surface area (Å²) >= 11 is 0. The van der Waals surface area contributed by atoms with Gasteiger partial charge in [0.15, 0.2) is 0 Å². The van der Waals surface area contributed by atoms with Crippen LogP contribution in [0.5, 0.6) is 0 Å². The lowest BCUT2D eigenvalue weighted by Crippen LogP contribution is -2.48. The molecule has 174 valence electrons. The lowest BCUT2D eigenvalue weighted by molar-refractivity contribution is -0.132. The minimum atomic E-state index is -0.0423. The maximum absolute atomic E-state index is 13.2. The van der Waals surface area contributed by atoms with Crippen LogP contribution in [-0.4, -0.2) is 52.8 Å². The summed E-state index contributed by atoms with van der Waals surface area (Å²) in [5.41, 5.74) is 3.02. The van der Waals surface area contributed by atoms with Crippen LogP contribution in [0.3, 0.4) is 0 Å². The number of allylic oxidation sites excluding steroid dienone is 1. The van der Waals surface area contributed by atoms with E-state index >= 15 is 0 Å². The molecular weight excluding hydrogens is 410 g/mol. The van der Waals surface area contributed by atoms with Gasteiger partial charge in [0, 0.05) is 38.8 Å². The van der Waals surface area contributed by atoms with Crippen LogP contribution in [0, 0.1) is 5.92 Å². The first-order valence-electron chi connectivity index (χ1n) is 12.3. The van der Waals surface area contributed by atoms with Crippen molar-refractivity contribution in [3.8, 4) is 0 Å². The summed E-state index contributed by atoms with van der Waals surface area (Å²) in [5, 5.41) is 0.